The molecule has 1 fully saturated rings. The van der Waals surface area contributed by atoms with Gasteiger partial charge in [-0.3, -0.25) is 19.4 Å². The van der Waals surface area contributed by atoms with E-state index in [9.17, 15) is 39.9 Å². The first-order valence-electron chi connectivity index (χ1n) is 20.3. The van der Waals surface area contributed by atoms with Crippen LogP contribution in [0.15, 0.2) is 41.2 Å². The standard InChI is InChI=1S/C44H60N4O12/c1-20-13-12-14-21(2)43(56)47-34-29(18-46-48-19-22(3)45-17-23(48)4)38(53)31-32(39(34)54)37(52)27(8)41-33(31)42(55)44(10,60-41)58-16-15-30(57-11)24(5)40(59-28(9)49)26(7)36(51)25(6)35(20)50/h12-16,18,20,22-26,30,35-36,40,45,50-54H,17,19H2,1-11H3,(H,47,56)/b13-12?,16-15?,21-14?,46-18+. The van der Waals surface area contributed by atoms with Crippen LogP contribution in [-0.4, -0.2) is 117 Å². The van der Waals surface area contributed by atoms with Gasteiger partial charge in [-0.1, -0.05) is 45.9 Å². The first-order chi connectivity index (χ1) is 28.1. The number of hydrogen-bond acceptors (Lipinski definition) is 15. The number of benzene rings is 2. The number of hydrazone groups is 1. The molecule has 4 aliphatic rings. The van der Waals surface area contributed by atoms with Crippen LogP contribution in [0, 0.1) is 30.6 Å². The van der Waals surface area contributed by atoms with Gasteiger partial charge >= 0.3 is 11.8 Å². The highest BCUT2D eigenvalue weighted by Crippen LogP contribution is 2.55. The largest absolute Gasteiger partial charge is 0.507 e. The summed E-state index contributed by atoms with van der Waals surface area (Å²) in [5, 5.41) is 70.5. The highest BCUT2D eigenvalue weighted by Gasteiger charge is 2.50. The van der Waals surface area contributed by atoms with E-state index in [1.165, 1.54) is 59.4 Å². The molecule has 16 nitrogen and oxygen atoms in total. The number of hydrogen-bond donors (Lipinski definition) is 7. The van der Waals surface area contributed by atoms with Crippen LogP contribution in [0.3, 0.4) is 0 Å². The van der Waals surface area contributed by atoms with E-state index in [0.717, 1.165) is 0 Å². The van der Waals surface area contributed by atoms with E-state index < -0.39 is 88.8 Å². The summed E-state index contributed by atoms with van der Waals surface area (Å²) in [6.45, 7) is 17.6. The zero-order chi connectivity index (χ0) is 44.5. The Morgan fingerprint density at radius 3 is 2.30 bits per heavy atom. The summed E-state index contributed by atoms with van der Waals surface area (Å²) in [7, 11) is 1.44. The Kier molecular flexibility index (Phi) is 13.9. The first kappa shape index (κ1) is 45.9. The fourth-order valence-electron chi connectivity index (χ4n) is 8.17. The Morgan fingerprint density at radius 2 is 1.65 bits per heavy atom. The Balaban J connectivity index is 1.72. The fraction of sp³-hybridized carbons (Fsp3) is 0.545. The number of aliphatic hydroxyl groups excluding tert-OH is 2. The molecule has 6 rings (SSSR count). The van der Waals surface area contributed by atoms with E-state index in [1.54, 1.807) is 44.9 Å². The van der Waals surface area contributed by atoms with Crippen molar-refractivity contribution in [2.75, 3.05) is 25.5 Å². The van der Waals surface area contributed by atoms with Crippen molar-refractivity contribution in [3.8, 4) is 23.0 Å². The van der Waals surface area contributed by atoms with Crippen molar-refractivity contribution in [2.45, 2.75) is 112 Å². The van der Waals surface area contributed by atoms with Crippen LogP contribution in [0.25, 0.3) is 10.8 Å². The molecule has 0 aromatic heterocycles. The fourth-order valence-corrected chi connectivity index (χ4v) is 8.17. The van der Waals surface area contributed by atoms with Crippen molar-refractivity contribution in [3.63, 3.8) is 0 Å². The second kappa shape index (κ2) is 18.2. The van der Waals surface area contributed by atoms with Gasteiger partial charge in [-0.15, -0.1) is 0 Å². The van der Waals surface area contributed by atoms with Gasteiger partial charge in [0.05, 0.1) is 65.6 Å². The average molecular weight is 837 g/mol. The number of fused-ring (bicyclic) bond motifs is 14. The van der Waals surface area contributed by atoms with Crippen molar-refractivity contribution in [1.29, 1.82) is 0 Å². The number of rotatable bonds is 4. The smallest absolute Gasteiger partial charge is 0.312 e. The second-order valence-corrected chi connectivity index (χ2v) is 16.6. The molecule has 11 unspecified atom stereocenters. The highest BCUT2D eigenvalue weighted by molar-refractivity contribution is 6.23. The van der Waals surface area contributed by atoms with Gasteiger partial charge in [0.1, 0.15) is 23.4 Å². The van der Waals surface area contributed by atoms with Crippen LogP contribution in [-0.2, 0) is 23.8 Å². The van der Waals surface area contributed by atoms with Gasteiger partial charge in [0.15, 0.2) is 5.75 Å². The molecule has 4 aliphatic heterocycles. The lowest BCUT2D eigenvalue weighted by Crippen LogP contribution is -2.52. The zero-order valence-corrected chi connectivity index (χ0v) is 36.1. The first-order valence-corrected chi connectivity index (χ1v) is 20.3. The van der Waals surface area contributed by atoms with Crippen molar-refractivity contribution in [2.24, 2.45) is 28.8 Å². The third-order valence-electron chi connectivity index (χ3n) is 12.1. The van der Waals surface area contributed by atoms with Gasteiger partial charge in [-0.25, -0.2) is 0 Å². The monoisotopic (exact) mass is 836 g/mol. The minimum absolute atomic E-state index is 0.0524. The van der Waals surface area contributed by atoms with E-state index in [1.807, 2.05) is 13.8 Å². The van der Waals surface area contributed by atoms with Crippen LogP contribution in [0.1, 0.15) is 83.8 Å². The molecule has 16 heteroatoms. The molecule has 328 valence electrons. The topological polar surface area (TPSA) is 229 Å². The minimum Gasteiger partial charge on any atom is -0.507 e. The van der Waals surface area contributed by atoms with Crippen molar-refractivity contribution < 1.29 is 58.9 Å². The Hall–Kier alpha value is -5.16. The molecule has 1 saturated heterocycles. The van der Waals surface area contributed by atoms with E-state index in [-0.39, 0.29) is 56.6 Å². The van der Waals surface area contributed by atoms with E-state index in [4.69, 9.17) is 18.9 Å². The van der Waals surface area contributed by atoms with Gasteiger partial charge in [-0.05, 0) is 33.8 Å². The van der Waals surface area contributed by atoms with E-state index in [2.05, 4.69) is 15.7 Å². The number of aliphatic hydroxyl groups is 2. The molecule has 2 aromatic carbocycles. The number of ether oxygens (including phenoxy) is 4. The zero-order valence-electron chi connectivity index (χ0n) is 36.1. The number of carbonyl (C=O) groups is 3. The average Bonchev–Trinajstić information content (AvgIpc) is 3.47. The SMILES string of the molecule is COC1C=COC2(C)Oc3c(C)c(O)c4c(O)c(c(/C=N/N5CC(C)NCC5C)c(O)c4c3C2=O)NC(=O)C(C)=CC=CC(C)C(O)C(C)C(O)C(C)C(OC(C)=O)C1C. The Bertz CT molecular complexity index is 2120. The number of esters is 1. The maximum Gasteiger partial charge on any atom is 0.312 e. The number of Topliss-reactive ketones (excluding diaryl/α,β-unsaturated/α-hetero) is 1. The number of piperazine rings is 1. The molecule has 2 aromatic rings. The highest BCUT2D eigenvalue weighted by atomic mass is 16.7. The predicted molar refractivity (Wildman–Crippen MR) is 225 cm³/mol. The molecular formula is C44H60N4O12. The normalized spacial score (nSPS) is 31.9. The van der Waals surface area contributed by atoms with Crippen LogP contribution in [0.4, 0.5) is 5.69 Å². The molecule has 0 saturated carbocycles. The summed E-state index contributed by atoms with van der Waals surface area (Å²) >= 11 is 0. The number of phenolic OH excluding ortho intramolecular Hbond substituents is 3. The Labute approximate surface area is 350 Å². The summed E-state index contributed by atoms with van der Waals surface area (Å²) in [6, 6.07) is 0.0288. The van der Waals surface area contributed by atoms with Crippen LogP contribution >= 0.6 is 0 Å². The number of amides is 1. The van der Waals surface area contributed by atoms with Gasteiger partial charge in [-0.2, -0.15) is 5.10 Å². The van der Waals surface area contributed by atoms with Gasteiger partial charge < -0.3 is 55.1 Å². The summed E-state index contributed by atoms with van der Waals surface area (Å²) < 4.78 is 23.6. The van der Waals surface area contributed by atoms with Gasteiger partial charge in [0.25, 0.3) is 11.7 Å². The lowest BCUT2D eigenvalue weighted by molar-refractivity contribution is -0.160. The van der Waals surface area contributed by atoms with Crippen LogP contribution < -0.4 is 15.4 Å². The Morgan fingerprint density at radius 1 is 0.967 bits per heavy atom. The molecule has 4 heterocycles. The maximum atomic E-state index is 14.5. The summed E-state index contributed by atoms with van der Waals surface area (Å²) in [6.07, 6.45) is 4.85. The third-order valence-corrected chi connectivity index (χ3v) is 12.1. The molecule has 1 amide bonds. The number of carbonyl (C=O) groups excluding carboxylic acids is 3. The van der Waals surface area contributed by atoms with Gasteiger partial charge in [0.2, 0.25) is 0 Å². The number of aromatic hydroxyl groups is 3. The molecule has 5 bridgehead atoms. The number of nitrogens with zero attached hydrogens (tertiary/aromatic N) is 2. The predicted octanol–water partition coefficient (Wildman–Crippen LogP) is 4.77. The maximum absolute atomic E-state index is 14.5. The molecule has 11 atom stereocenters. The number of allylic oxidation sites excluding steroid dienone is 2. The van der Waals surface area contributed by atoms with Crippen molar-refractivity contribution in [1.82, 2.24) is 10.3 Å². The van der Waals surface area contributed by atoms with Gasteiger partial charge in [0, 0.05) is 73.7 Å². The van der Waals surface area contributed by atoms with Crippen molar-refractivity contribution >= 4 is 40.3 Å². The quantitative estimate of drug-likeness (QED) is 0.0953. The van der Waals surface area contributed by atoms with E-state index >= 15 is 0 Å². The summed E-state index contributed by atoms with van der Waals surface area (Å²) in [5.41, 5.74) is -0.380. The second-order valence-electron chi connectivity index (χ2n) is 16.6. The molecule has 60 heavy (non-hydrogen) atoms. The lowest BCUT2D eigenvalue weighted by atomic mass is 9.78. The number of ketones is 1. The number of phenols is 3. The minimum atomic E-state index is -2.05. The summed E-state index contributed by atoms with van der Waals surface area (Å²) in [4.78, 5) is 40.6. The molecular weight excluding hydrogens is 776 g/mol. The molecule has 0 aliphatic carbocycles. The third kappa shape index (κ3) is 8.83. The van der Waals surface area contributed by atoms with Crippen LogP contribution in [0.5, 0.6) is 23.0 Å². The molecule has 7 N–H and O–H groups in total. The van der Waals surface area contributed by atoms with Crippen molar-refractivity contribution in [3.05, 3.63) is 52.8 Å². The summed E-state index contributed by atoms with van der Waals surface area (Å²) in [5.74, 6) is -8.40. The number of nitrogens with one attached hydrogen (secondary N) is 2. The lowest BCUT2D eigenvalue weighted by Gasteiger charge is -2.38. The molecule has 0 radical (unpaired) electrons. The van der Waals surface area contributed by atoms with E-state index in [0.29, 0.717) is 13.1 Å². The molecule has 0 spiro atoms. The number of anilines is 1. The van der Waals surface area contributed by atoms with Crippen LogP contribution in [0.2, 0.25) is 0 Å². The number of methoxy groups -OCH3 is 1.